The molecule has 0 aromatic heterocycles. The van der Waals surface area contributed by atoms with Crippen molar-refractivity contribution in [1.29, 1.82) is 0 Å². The van der Waals surface area contributed by atoms with E-state index >= 15 is 0 Å². The molecule has 0 aliphatic carbocycles. The summed E-state index contributed by atoms with van der Waals surface area (Å²) in [5, 5.41) is 2.97. The number of nitrogens with one attached hydrogen (secondary N) is 2. The summed E-state index contributed by atoms with van der Waals surface area (Å²) in [6, 6.07) is 4.64. The Morgan fingerprint density at radius 1 is 1.14 bits per heavy atom. The topological polar surface area (TPSA) is 118 Å². The number of sulfone groups is 1. The Balaban J connectivity index is 2.96. The third-order valence-corrected chi connectivity index (χ3v) is 4.73. The molecular weight excluding hydrogens is 314 g/mol. The first-order valence-corrected chi connectivity index (χ1v) is 9.91. The molecule has 4 N–H and O–H groups in total. The number of hydrogen-bond acceptors (Lipinski definition) is 6. The minimum atomic E-state index is -3.42. The van der Waals surface area contributed by atoms with E-state index in [-0.39, 0.29) is 17.1 Å². The molecule has 0 atom stereocenters. The number of para-hydroxylation sites is 1. The SMILES string of the molecule is CC(C)(CNc1cccc(S(C)(=O)=O)c1N)NS(C)(=O)=O. The molecule has 0 radical (unpaired) electrons. The fourth-order valence-electron chi connectivity index (χ4n) is 1.88. The molecule has 1 aromatic rings. The molecule has 0 fully saturated rings. The minimum absolute atomic E-state index is 0.0429. The van der Waals surface area contributed by atoms with Gasteiger partial charge < -0.3 is 11.1 Å². The molecule has 0 aliphatic heterocycles. The van der Waals surface area contributed by atoms with Crippen LogP contribution < -0.4 is 15.8 Å². The molecule has 0 saturated carbocycles. The van der Waals surface area contributed by atoms with Crippen LogP contribution in [0.1, 0.15) is 13.8 Å². The van der Waals surface area contributed by atoms with Gasteiger partial charge in [-0.05, 0) is 26.0 Å². The predicted octanol–water partition coefficient (Wildman–Crippen LogP) is 0.412. The molecule has 0 unspecified atom stereocenters. The van der Waals surface area contributed by atoms with Crippen LogP contribution in [0.25, 0.3) is 0 Å². The number of rotatable bonds is 6. The predicted molar refractivity (Wildman–Crippen MR) is 84.5 cm³/mol. The van der Waals surface area contributed by atoms with Crippen LogP contribution in [0.3, 0.4) is 0 Å². The van der Waals surface area contributed by atoms with E-state index in [0.717, 1.165) is 12.5 Å². The Morgan fingerprint density at radius 3 is 2.19 bits per heavy atom. The highest BCUT2D eigenvalue weighted by Crippen LogP contribution is 2.26. The monoisotopic (exact) mass is 335 g/mol. The van der Waals surface area contributed by atoms with Gasteiger partial charge in [-0.2, -0.15) is 0 Å². The molecule has 0 saturated heterocycles. The Kier molecular flexibility index (Phi) is 4.91. The van der Waals surface area contributed by atoms with Crippen LogP contribution in [0, 0.1) is 0 Å². The van der Waals surface area contributed by atoms with Crippen molar-refractivity contribution in [2.75, 3.05) is 30.1 Å². The highest BCUT2D eigenvalue weighted by Gasteiger charge is 2.22. The Bertz CT molecular complexity index is 725. The molecule has 0 amide bonds. The van der Waals surface area contributed by atoms with Gasteiger partial charge in [-0.3, -0.25) is 0 Å². The van der Waals surface area contributed by atoms with Gasteiger partial charge in [0, 0.05) is 18.3 Å². The van der Waals surface area contributed by atoms with Crippen molar-refractivity contribution >= 4 is 31.2 Å². The van der Waals surface area contributed by atoms with Crippen molar-refractivity contribution in [1.82, 2.24) is 4.72 Å². The van der Waals surface area contributed by atoms with Gasteiger partial charge in [0.15, 0.2) is 9.84 Å². The van der Waals surface area contributed by atoms with Gasteiger partial charge >= 0.3 is 0 Å². The van der Waals surface area contributed by atoms with Gasteiger partial charge in [-0.15, -0.1) is 0 Å². The summed E-state index contributed by atoms with van der Waals surface area (Å²) < 4.78 is 48.2. The molecular formula is C12H21N3O4S2. The highest BCUT2D eigenvalue weighted by atomic mass is 32.2. The van der Waals surface area contributed by atoms with Gasteiger partial charge in [0.25, 0.3) is 0 Å². The van der Waals surface area contributed by atoms with E-state index in [1.165, 1.54) is 6.07 Å². The third kappa shape index (κ3) is 5.52. The molecule has 7 nitrogen and oxygen atoms in total. The van der Waals surface area contributed by atoms with Crippen molar-refractivity contribution < 1.29 is 16.8 Å². The van der Waals surface area contributed by atoms with Gasteiger partial charge in [-0.1, -0.05) is 6.07 Å². The smallest absolute Gasteiger partial charge is 0.209 e. The van der Waals surface area contributed by atoms with E-state index in [0.29, 0.717) is 5.69 Å². The normalized spacial score (nSPS) is 13.1. The van der Waals surface area contributed by atoms with E-state index in [2.05, 4.69) is 10.0 Å². The molecule has 0 aliphatic rings. The van der Waals surface area contributed by atoms with Crippen LogP contribution in [0.4, 0.5) is 11.4 Å². The summed E-state index contributed by atoms with van der Waals surface area (Å²) >= 11 is 0. The van der Waals surface area contributed by atoms with Gasteiger partial charge in [0.1, 0.15) is 0 Å². The number of nitrogens with two attached hydrogens (primary N) is 1. The quantitative estimate of drug-likeness (QED) is 0.648. The maximum Gasteiger partial charge on any atom is 0.209 e. The lowest BCUT2D eigenvalue weighted by molar-refractivity contribution is 0.476. The fraction of sp³-hybridized carbons (Fsp3) is 0.500. The Hall–Kier alpha value is -1.32. The zero-order valence-electron chi connectivity index (χ0n) is 12.5. The van der Waals surface area contributed by atoms with Crippen LogP contribution in [0.2, 0.25) is 0 Å². The Labute approximate surface area is 125 Å². The first-order valence-electron chi connectivity index (χ1n) is 6.13. The number of nitrogen functional groups attached to an aromatic ring is 1. The largest absolute Gasteiger partial charge is 0.396 e. The average molecular weight is 335 g/mol. The van der Waals surface area contributed by atoms with E-state index in [9.17, 15) is 16.8 Å². The fourth-order valence-corrected chi connectivity index (χ4v) is 3.79. The second-order valence-corrected chi connectivity index (χ2v) is 9.33. The highest BCUT2D eigenvalue weighted by molar-refractivity contribution is 7.91. The summed E-state index contributed by atoms with van der Waals surface area (Å²) in [5.74, 6) is 0. The lowest BCUT2D eigenvalue weighted by atomic mass is 10.1. The van der Waals surface area contributed by atoms with Crippen molar-refractivity contribution in [3.63, 3.8) is 0 Å². The van der Waals surface area contributed by atoms with E-state index in [1.807, 2.05) is 0 Å². The van der Waals surface area contributed by atoms with E-state index in [4.69, 9.17) is 5.73 Å². The minimum Gasteiger partial charge on any atom is -0.396 e. The van der Waals surface area contributed by atoms with Crippen molar-refractivity contribution in [3.8, 4) is 0 Å². The standard InChI is InChI=1S/C12H21N3O4S2/c1-12(2,15-21(4,18)19)8-14-9-6-5-7-10(11(9)13)20(3,16)17/h5-7,14-15H,8,13H2,1-4H3. The van der Waals surface area contributed by atoms with Crippen LogP contribution >= 0.6 is 0 Å². The van der Waals surface area contributed by atoms with E-state index in [1.54, 1.807) is 26.0 Å². The third-order valence-electron chi connectivity index (χ3n) is 2.65. The zero-order chi connectivity index (χ0) is 16.5. The molecule has 0 heterocycles. The summed E-state index contributed by atoms with van der Waals surface area (Å²) in [4.78, 5) is 0.0429. The summed E-state index contributed by atoms with van der Waals surface area (Å²) in [7, 11) is -6.76. The van der Waals surface area contributed by atoms with E-state index < -0.39 is 25.4 Å². The molecule has 21 heavy (non-hydrogen) atoms. The average Bonchev–Trinajstić information content (AvgIpc) is 2.22. The maximum absolute atomic E-state index is 11.6. The zero-order valence-corrected chi connectivity index (χ0v) is 14.1. The number of sulfonamides is 1. The second-order valence-electron chi connectivity index (χ2n) is 5.60. The van der Waals surface area contributed by atoms with Crippen LogP contribution in [-0.2, 0) is 19.9 Å². The molecule has 0 spiro atoms. The summed E-state index contributed by atoms with van der Waals surface area (Å²) in [5.41, 5.74) is 5.66. The van der Waals surface area contributed by atoms with Crippen molar-refractivity contribution in [3.05, 3.63) is 18.2 Å². The lowest BCUT2D eigenvalue weighted by Gasteiger charge is -2.26. The van der Waals surface area contributed by atoms with Crippen molar-refractivity contribution in [2.45, 2.75) is 24.3 Å². The molecule has 1 aromatic carbocycles. The molecule has 120 valence electrons. The molecule has 1 rings (SSSR count). The number of benzene rings is 1. The first-order chi connectivity index (χ1) is 9.32. The maximum atomic E-state index is 11.6. The Morgan fingerprint density at radius 2 is 1.71 bits per heavy atom. The first kappa shape index (κ1) is 17.7. The van der Waals surface area contributed by atoms with Crippen LogP contribution in [0.15, 0.2) is 23.1 Å². The van der Waals surface area contributed by atoms with Crippen LogP contribution in [0.5, 0.6) is 0 Å². The second kappa shape index (κ2) is 5.82. The summed E-state index contributed by atoms with van der Waals surface area (Å²) in [6.07, 6.45) is 2.16. The lowest BCUT2D eigenvalue weighted by Crippen LogP contribution is -2.47. The van der Waals surface area contributed by atoms with Crippen LogP contribution in [-0.4, -0.2) is 41.4 Å². The number of hydrogen-bond donors (Lipinski definition) is 3. The summed E-state index contributed by atoms with van der Waals surface area (Å²) in [6.45, 7) is 3.66. The molecule has 0 bridgehead atoms. The number of anilines is 2. The van der Waals surface area contributed by atoms with Gasteiger partial charge in [0.05, 0.1) is 22.5 Å². The van der Waals surface area contributed by atoms with Crippen molar-refractivity contribution in [2.24, 2.45) is 0 Å². The van der Waals surface area contributed by atoms with Gasteiger partial charge in [0.2, 0.25) is 10.0 Å². The van der Waals surface area contributed by atoms with Gasteiger partial charge in [-0.25, -0.2) is 21.6 Å². The molecule has 9 heteroatoms.